The Bertz CT molecular complexity index is 895. The number of nitrogens with zero attached hydrogens (tertiary/aromatic N) is 8. The minimum atomic E-state index is -0.351. The number of carbonyl (C=O) groups is 1. The number of aromatic nitrogens is 6. The van der Waals surface area contributed by atoms with Crippen molar-refractivity contribution in [1.29, 1.82) is 0 Å². The van der Waals surface area contributed by atoms with Crippen LogP contribution in [0.1, 0.15) is 16.3 Å². The van der Waals surface area contributed by atoms with E-state index in [-0.39, 0.29) is 18.1 Å². The Morgan fingerprint density at radius 3 is 2.22 bits per heavy atom. The molecule has 2 aromatic heterocycles. The Balaban J connectivity index is 1.72. The van der Waals surface area contributed by atoms with Gasteiger partial charge in [0, 0.05) is 28.2 Å². The van der Waals surface area contributed by atoms with Gasteiger partial charge in [-0.05, 0) is 12.1 Å². The van der Waals surface area contributed by atoms with E-state index in [1.807, 2.05) is 58.5 Å². The van der Waals surface area contributed by atoms with E-state index >= 15 is 0 Å². The number of para-hydroxylation sites is 1. The summed E-state index contributed by atoms with van der Waals surface area (Å²) < 4.78 is 0. The average molecular weight is 367 g/mol. The van der Waals surface area contributed by atoms with Crippen molar-refractivity contribution in [2.75, 3.05) is 38.0 Å². The number of benzene rings is 1. The lowest BCUT2D eigenvalue weighted by Crippen LogP contribution is -2.26. The lowest BCUT2D eigenvalue weighted by molar-refractivity contribution is 0.0944. The maximum absolute atomic E-state index is 12.4. The summed E-state index contributed by atoms with van der Waals surface area (Å²) in [5.74, 6) is 1.15. The van der Waals surface area contributed by atoms with Crippen LogP contribution in [0.25, 0.3) is 5.69 Å². The highest BCUT2D eigenvalue weighted by atomic mass is 16.2. The third-order valence-corrected chi connectivity index (χ3v) is 3.58. The average Bonchev–Trinajstić information content (AvgIpc) is 3.17. The molecular weight excluding hydrogens is 346 g/mol. The van der Waals surface area contributed by atoms with Crippen molar-refractivity contribution in [3.05, 3.63) is 48.0 Å². The number of carbonyl (C=O) groups excluding carboxylic acids is 1. The number of hydrogen-bond acceptors (Lipinski definition) is 8. The third kappa shape index (κ3) is 4.35. The van der Waals surface area contributed by atoms with E-state index < -0.39 is 0 Å². The Kier molecular flexibility index (Phi) is 5.25. The van der Waals surface area contributed by atoms with E-state index in [1.54, 1.807) is 9.80 Å². The van der Waals surface area contributed by atoms with Crippen LogP contribution >= 0.6 is 0 Å². The summed E-state index contributed by atoms with van der Waals surface area (Å²) in [6.45, 7) is 0.154. The van der Waals surface area contributed by atoms with Crippen molar-refractivity contribution in [1.82, 2.24) is 35.3 Å². The smallest absolute Gasteiger partial charge is 0.273 e. The molecule has 2 heterocycles. The molecule has 0 atom stereocenters. The molecular formula is C17H21N9O. The van der Waals surface area contributed by atoms with Crippen LogP contribution in [0.15, 0.2) is 36.5 Å². The number of nitrogens with one attached hydrogen (secondary N) is 1. The van der Waals surface area contributed by atoms with Gasteiger partial charge in [0.15, 0.2) is 11.5 Å². The lowest BCUT2D eigenvalue weighted by atomic mass is 10.3. The first-order valence-electron chi connectivity index (χ1n) is 8.29. The fraction of sp³-hybridized carbons (Fsp3) is 0.294. The van der Waals surface area contributed by atoms with Crippen molar-refractivity contribution < 1.29 is 4.79 Å². The maximum atomic E-state index is 12.4. The normalized spacial score (nSPS) is 10.5. The van der Waals surface area contributed by atoms with Gasteiger partial charge in [0.1, 0.15) is 0 Å². The van der Waals surface area contributed by atoms with Crippen molar-refractivity contribution >= 4 is 17.8 Å². The first-order chi connectivity index (χ1) is 12.9. The van der Waals surface area contributed by atoms with Crippen LogP contribution < -0.4 is 15.1 Å². The molecule has 0 spiro atoms. The highest BCUT2D eigenvalue weighted by molar-refractivity contribution is 5.91. The summed E-state index contributed by atoms with van der Waals surface area (Å²) >= 11 is 0. The van der Waals surface area contributed by atoms with Crippen LogP contribution in [0.5, 0.6) is 0 Å². The molecule has 1 aromatic carbocycles. The molecule has 0 saturated carbocycles. The molecule has 140 valence electrons. The van der Waals surface area contributed by atoms with Gasteiger partial charge in [-0.2, -0.15) is 24.8 Å². The molecule has 1 N–H and O–H groups in total. The Hall–Kier alpha value is -3.56. The molecule has 27 heavy (non-hydrogen) atoms. The fourth-order valence-corrected chi connectivity index (χ4v) is 2.18. The van der Waals surface area contributed by atoms with E-state index in [9.17, 15) is 4.79 Å². The zero-order chi connectivity index (χ0) is 19.4. The number of amides is 1. The highest BCUT2D eigenvalue weighted by Gasteiger charge is 2.14. The largest absolute Gasteiger partial charge is 0.347 e. The standard InChI is InChI=1S/C17H21N9O/c1-24(2)16-20-14(21-17(22-16)25(3)4)11-18-15(27)13-10-19-26(23-13)12-8-6-5-7-9-12/h5-10H,11H2,1-4H3,(H,18,27). The van der Waals surface area contributed by atoms with Crippen LogP contribution in [0, 0.1) is 0 Å². The zero-order valence-electron chi connectivity index (χ0n) is 15.7. The van der Waals surface area contributed by atoms with E-state index in [0.29, 0.717) is 17.7 Å². The molecule has 0 aliphatic rings. The van der Waals surface area contributed by atoms with Crippen molar-refractivity contribution in [2.45, 2.75) is 6.54 Å². The van der Waals surface area contributed by atoms with E-state index in [2.05, 4.69) is 30.5 Å². The molecule has 0 aliphatic heterocycles. The molecule has 10 heteroatoms. The fourth-order valence-electron chi connectivity index (χ4n) is 2.18. The predicted molar refractivity (Wildman–Crippen MR) is 101 cm³/mol. The predicted octanol–water partition coefficient (Wildman–Crippen LogP) is 0.514. The Morgan fingerprint density at radius 2 is 1.63 bits per heavy atom. The minimum Gasteiger partial charge on any atom is -0.347 e. The zero-order valence-corrected chi connectivity index (χ0v) is 15.7. The molecule has 0 radical (unpaired) electrons. The van der Waals surface area contributed by atoms with Gasteiger partial charge in [-0.3, -0.25) is 4.79 Å². The summed E-state index contributed by atoms with van der Waals surface area (Å²) in [5, 5.41) is 11.1. The molecule has 0 fully saturated rings. The lowest BCUT2D eigenvalue weighted by Gasteiger charge is -2.16. The van der Waals surface area contributed by atoms with Gasteiger partial charge in [-0.1, -0.05) is 18.2 Å². The third-order valence-electron chi connectivity index (χ3n) is 3.58. The van der Waals surface area contributed by atoms with Gasteiger partial charge < -0.3 is 15.1 Å². The maximum Gasteiger partial charge on any atom is 0.273 e. The summed E-state index contributed by atoms with van der Waals surface area (Å²) in [5.41, 5.74) is 0.994. The summed E-state index contributed by atoms with van der Waals surface area (Å²) in [6, 6.07) is 9.38. The van der Waals surface area contributed by atoms with Crippen LogP contribution in [0.2, 0.25) is 0 Å². The van der Waals surface area contributed by atoms with Gasteiger partial charge in [0.25, 0.3) is 5.91 Å². The molecule has 0 aliphatic carbocycles. The van der Waals surface area contributed by atoms with Gasteiger partial charge >= 0.3 is 0 Å². The highest BCUT2D eigenvalue weighted by Crippen LogP contribution is 2.10. The molecule has 10 nitrogen and oxygen atoms in total. The van der Waals surface area contributed by atoms with Gasteiger partial charge in [0.2, 0.25) is 11.9 Å². The molecule has 3 rings (SSSR count). The number of rotatable bonds is 6. The second kappa shape index (κ2) is 7.77. The number of hydrogen-bond donors (Lipinski definition) is 1. The van der Waals surface area contributed by atoms with Gasteiger partial charge in [-0.25, -0.2) is 0 Å². The van der Waals surface area contributed by atoms with Crippen molar-refractivity contribution in [3.8, 4) is 5.69 Å². The number of anilines is 2. The van der Waals surface area contributed by atoms with Crippen molar-refractivity contribution in [2.24, 2.45) is 0 Å². The molecule has 0 unspecified atom stereocenters. The SMILES string of the molecule is CN(C)c1nc(CNC(=O)c2cnn(-c3ccccc3)n2)nc(N(C)C)n1. The summed E-state index contributed by atoms with van der Waals surface area (Å²) in [4.78, 5) is 30.4. The van der Waals surface area contributed by atoms with Crippen LogP contribution in [0.4, 0.5) is 11.9 Å². The second-order valence-electron chi connectivity index (χ2n) is 6.18. The summed E-state index contributed by atoms with van der Waals surface area (Å²) in [7, 11) is 7.39. The van der Waals surface area contributed by atoms with E-state index in [0.717, 1.165) is 5.69 Å². The monoisotopic (exact) mass is 367 g/mol. The molecule has 0 bridgehead atoms. The topological polar surface area (TPSA) is 105 Å². The molecule has 1 amide bonds. The molecule has 0 saturated heterocycles. The second-order valence-corrected chi connectivity index (χ2v) is 6.18. The van der Waals surface area contributed by atoms with Crippen molar-refractivity contribution in [3.63, 3.8) is 0 Å². The van der Waals surface area contributed by atoms with Gasteiger partial charge in [0.05, 0.1) is 18.4 Å². The quantitative estimate of drug-likeness (QED) is 0.672. The minimum absolute atomic E-state index is 0.154. The van der Waals surface area contributed by atoms with E-state index in [4.69, 9.17) is 0 Å². The van der Waals surface area contributed by atoms with Crippen LogP contribution in [-0.2, 0) is 6.54 Å². The molecule has 3 aromatic rings. The Labute approximate surface area is 156 Å². The Morgan fingerprint density at radius 1 is 1.00 bits per heavy atom. The van der Waals surface area contributed by atoms with Gasteiger partial charge in [-0.15, -0.1) is 5.10 Å². The van der Waals surface area contributed by atoms with Crippen LogP contribution in [-0.4, -0.2) is 64.0 Å². The first kappa shape index (κ1) is 18.2. The summed E-state index contributed by atoms with van der Waals surface area (Å²) in [6.07, 6.45) is 1.42. The van der Waals surface area contributed by atoms with E-state index in [1.165, 1.54) is 11.0 Å². The first-order valence-corrected chi connectivity index (χ1v) is 8.29. The van der Waals surface area contributed by atoms with Crippen LogP contribution in [0.3, 0.4) is 0 Å².